The zero-order valence-corrected chi connectivity index (χ0v) is 13.5. The molecule has 0 heterocycles. The summed E-state index contributed by atoms with van der Waals surface area (Å²) in [5.74, 6) is 6.87. The second-order valence-corrected chi connectivity index (χ2v) is 6.24. The summed E-state index contributed by atoms with van der Waals surface area (Å²) in [6.07, 6.45) is 6.09. The Labute approximate surface area is 123 Å². The summed E-state index contributed by atoms with van der Waals surface area (Å²) in [5, 5.41) is 0. The van der Waals surface area contributed by atoms with Gasteiger partial charge in [-0.3, -0.25) is 4.79 Å². The lowest BCUT2D eigenvalue weighted by molar-refractivity contribution is -0.151. The molecule has 20 heavy (non-hydrogen) atoms. The third-order valence-electron chi connectivity index (χ3n) is 3.40. The van der Waals surface area contributed by atoms with Crippen molar-refractivity contribution in [1.82, 2.24) is 0 Å². The van der Waals surface area contributed by atoms with Gasteiger partial charge in [0, 0.05) is 19.3 Å². The van der Waals surface area contributed by atoms with Crippen LogP contribution in [0.4, 0.5) is 0 Å². The number of hydrogen-bond acceptors (Lipinski definition) is 2. The Bertz CT molecular complexity index is 479. The van der Waals surface area contributed by atoms with E-state index in [1.54, 1.807) is 0 Å². The minimum Gasteiger partial charge on any atom is -0.446 e. The average molecular weight is 274 g/mol. The quantitative estimate of drug-likeness (QED) is 0.435. The molecule has 1 aliphatic carbocycles. The molecular weight excluding hydrogens is 248 g/mol. The summed E-state index contributed by atoms with van der Waals surface area (Å²) in [4.78, 5) is 11.3. The lowest BCUT2D eigenvalue weighted by atomic mass is 9.98. The van der Waals surface area contributed by atoms with Gasteiger partial charge in [0.1, 0.15) is 0 Å². The fourth-order valence-electron chi connectivity index (χ4n) is 2.43. The highest BCUT2D eigenvalue weighted by Crippen LogP contribution is 2.49. The van der Waals surface area contributed by atoms with E-state index in [0.717, 1.165) is 6.42 Å². The SMILES string of the molecule is CC(=O)OC(C)(C#CCC=C(C)C)[C@@H]1C[C@H]1C=C(C)C. The van der Waals surface area contributed by atoms with Crippen LogP contribution < -0.4 is 0 Å². The summed E-state index contributed by atoms with van der Waals surface area (Å²) in [6.45, 7) is 11.7. The molecule has 0 N–H and O–H groups in total. The molecule has 0 aromatic heterocycles. The van der Waals surface area contributed by atoms with Crippen LogP contribution in [0.1, 0.15) is 54.4 Å². The maximum atomic E-state index is 11.3. The summed E-state index contributed by atoms with van der Waals surface area (Å²) in [6, 6.07) is 0. The van der Waals surface area contributed by atoms with E-state index in [1.807, 2.05) is 6.92 Å². The molecule has 110 valence electrons. The largest absolute Gasteiger partial charge is 0.446 e. The number of allylic oxidation sites excluding steroid dienone is 4. The molecule has 0 aliphatic heterocycles. The van der Waals surface area contributed by atoms with Gasteiger partial charge in [-0.15, -0.1) is 0 Å². The maximum absolute atomic E-state index is 11.3. The van der Waals surface area contributed by atoms with E-state index < -0.39 is 5.60 Å². The molecule has 0 spiro atoms. The molecule has 1 aliphatic rings. The molecule has 0 amide bonds. The molecule has 1 saturated carbocycles. The Kier molecular flexibility index (Phi) is 5.62. The van der Waals surface area contributed by atoms with Crippen LogP contribution in [0.2, 0.25) is 0 Å². The van der Waals surface area contributed by atoms with Gasteiger partial charge in [0.05, 0.1) is 0 Å². The van der Waals surface area contributed by atoms with E-state index in [2.05, 4.69) is 51.7 Å². The number of hydrogen-bond donors (Lipinski definition) is 0. The van der Waals surface area contributed by atoms with Gasteiger partial charge in [0.15, 0.2) is 5.60 Å². The van der Waals surface area contributed by atoms with Gasteiger partial charge in [0.2, 0.25) is 0 Å². The second kappa shape index (κ2) is 6.79. The highest BCUT2D eigenvalue weighted by atomic mass is 16.6. The van der Waals surface area contributed by atoms with Crippen molar-refractivity contribution < 1.29 is 9.53 Å². The number of esters is 1. The van der Waals surface area contributed by atoms with Crippen molar-refractivity contribution in [3.05, 3.63) is 23.3 Å². The maximum Gasteiger partial charge on any atom is 0.304 e. The molecule has 2 heteroatoms. The molecular formula is C18H26O2. The van der Waals surface area contributed by atoms with Crippen molar-refractivity contribution in [2.75, 3.05) is 0 Å². The lowest BCUT2D eigenvalue weighted by Crippen LogP contribution is -2.32. The highest BCUT2D eigenvalue weighted by Gasteiger charge is 2.50. The van der Waals surface area contributed by atoms with Gasteiger partial charge in [-0.1, -0.05) is 35.1 Å². The zero-order valence-electron chi connectivity index (χ0n) is 13.5. The first-order valence-corrected chi connectivity index (χ1v) is 7.22. The van der Waals surface area contributed by atoms with Crippen LogP contribution in [0, 0.1) is 23.7 Å². The van der Waals surface area contributed by atoms with Crippen molar-refractivity contribution in [1.29, 1.82) is 0 Å². The van der Waals surface area contributed by atoms with Gasteiger partial charge in [-0.05, 0) is 47.0 Å². The van der Waals surface area contributed by atoms with E-state index in [4.69, 9.17) is 4.74 Å². The van der Waals surface area contributed by atoms with Crippen LogP contribution in [0.5, 0.6) is 0 Å². The molecule has 0 aromatic rings. The number of ether oxygens (including phenoxy) is 1. The van der Waals surface area contributed by atoms with E-state index in [-0.39, 0.29) is 5.97 Å². The number of carbonyl (C=O) groups excluding carboxylic acids is 1. The van der Waals surface area contributed by atoms with Crippen LogP contribution in [-0.2, 0) is 9.53 Å². The molecule has 0 aromatic carbocycles. The summed E-state index contributed by atoms with van der Waals surface area (Å²) < 4.78 is 5.52. The molecule has 1 unspecified atom stereocenters. The van der Waals surface area contributed by atoms with Crippen molar-refractivity contribution in [3.8, 4) is 11.8 Å². The predicted molar refractivity (Wildman–Crippen MR) is 83.0 cm³/mol. The Morgan fingerprint density at radius 3 is 2.40 bits per heavy atom. The van der Waals surface area contributed by atoms with Gasteiger partial charge < -0.3 is 4.74 Å². The van der Waals surface area contributed by atoms with E-state index >= 15 is 0 Å². The van der Waals surface area contributed by atoms with Crippen LogP contribution in [-0.4, -0.2) is 11.6 Å². The highest BCUT2D eigenvalue weighted by molar-refractivity contribution is 5.67. The van der Waals surface area contributed by atoms with Gasteiger partial charge in [0.25, 0.3) is 0 Å². The standard InChI is InChI=1S/C18H26O2/c1-13(2)9-7-8-10-18(6,20-15(5)19)17-12-16(17)11-14(3)4/h9,11,16-17H,7,12H2,1-6H3/t16-,17-,18?/m1/s1. The minimum atomic E-state index is -0.655. The van der Waals surface area contributed by atoms with Crippen LogP contribution in [0.15, 0.2) is 23.3 Å². The lowest BCUT2D eigenvalue weighted by Gasteiger charge is -2.23. The average Bonchev–Trinajstić information content (AvgIpc) is 3.02. The van der Waals surface area contributed by atoms with Crippen molar-refractivity contribution in [3.63, 3.8) is 0 Å². The normalized spacial score (nSPS) is 22.7. The number of carbonyl (C=O) groups is 1. The minimum absolute atomic E-state index is 0.258. The monoisotopic (exact) mass is 274 g/mol. The fourth-order valence-corrected chi connectivity index (χ4v) is 2.43. The van der Waals surface area contributed by atoms with Gasteiger partial charge in [-0.2, -0.15) is 0 Å². The fraction of sp³-hybridized carbons (Fsp3) is 0.611. The first-order valence-electron chi connectivity index (χ1n) is 7.22. The Morgan fingerprint density at radius 1 is 1.25 bits per heavy atom. The molecule has 1 fully saturated rings. The smallest absolute Gasteiger partial charge is 0.304 e. The van der Waals surface area contributed by atoms with Crippen molar-refractivity contribution in [2.45, 2.75) is 60.0 Å². The second-order valence-electron chi connectivity index (χ2n) is 6.24. The van der Waals surface area contributed by atoms with Crippen LogP contribution in [0.3, 0.4) is 0 Å². The van der Waals surface area contributed by atoms with E-state index in [0.29, 0.717) is 18.3 Å². The van der Waals surface area contributed by atoms with E-state index in [9.17, 15) is 4.79 Å². The molecule has 2 nitrogen and oxygen atoms in total. The van der Waals surface area contributed by atoms with Crippen molar-refractivity contribution in [2.24, 2.45) is 11.8 Å². The third kappa shape index (κ3) is 5.25. The Balaban J connectivity index is 2.81. The van der Waals surface area contributed by atoms with E-state index in [1.165, 1.54) is 18.1 Å². The molecule has 3 atom stereocenters. The topological polar surface area (TPSA) is 26.3 Å². The predicted octanol–water partition coefficient (Wildman–Crippen LogP) is 4.27. The first-order chi connectivity index (χ1) is 9.24. The van der Waals surface area contributed by atoms with Gasteiger partial charge in [-0.25, -0.2) is 0 Å². The number of rotatable bonds is 4. The van der Waals surface area contributed by atoms with Crippen molar-refractivity contribution >= 4 is 5.97 Å². The molecule has 0 saturated heterocycles. The van der Waals surface area contributed by atoms with Crippen LogP contribution >= 0.6 is 0 Å². The summed E-state index contributed by atoms with van der Waals surface area (Å²) >= 11 is 0. The molecule has 0 bridgehead atoms. The Hall–Kier alpha value is -1.49. The summed E-state index contributed by atoms with van der Waals surface area (Å²) in [7, 11) is 0. The Morgan fingerprint density at radius 2 is 1.90 bits per heavy atom. The first kappa shape index (κ1) is 16.6. The molecule has 1 rings (SSSR count). The molecule has 0 radical (unpaired) electrons. The van der Waals surface area contributed by atoms with Gasteiger partial charge >= 0.3 is 5.97 Å². The zero-order chi connectivity index (χ0) is 15.3. The summed E-state index contributed by atoms with van der Waals surface area (Å²) in [5.41, 5.74) is 1.90. The third-order valence-corrected chi connectivity index (χ3v) is 3.40. The van der Waals surface area contributed by atoms with Crippen LogP contribution in [0.25, 0.3) is 0 Å².